The smallest absolute Gasteiger partial charge is 0.414 e. The number of carbonyl (C=O) groups excluding carboxylic acids is 3. The Morgan fingerprint density at radius 3 is 2.83 bits per heavy atom. The number of nitrogens with one attached hydrogen (secondary N) is 1. The first-order chi connectivity index (χ1) is 17.3. The lowest BCUT2D eigenvalue weighted by Crippen LogP contribution is -2.42. The van der Waals surface area contributed by atoms with Gasteiger partial charge in [0.25, 0.3) is 0 Å². The SMILES string of the molecule is CCOC(=O)c1cnnn1C1CCN(c2ccc(N3C[C@H](CCNC(C)=O)OC3=O)cc2F)C(C)C1. The number of nitrogens with zero attached hydrogens (tertiary/aromatic N) is 5. The molecule has 194 valence electrons. The van der Waals surface area contributed by atoms with Crippen molar-refractivity contribution < 1.29 is 28.2 Å². The molecule has 2 fully saturated rings. The van der Waals surface area contributed by atoms with Gasteiger partial charge in [-0.25, -0.2) is 18.7 Å². The quantitative estimate of drug-likeness (QED) is 0.548. The third-order valence-corrected chi connectivity index (χ3v) is 6.52. The Kier molecular flexibility index (Phi) is 7.70. The summed E-state index contributed by atoms with van der Waals surface area (Å²) in [5.74, 6) is -1.04. The van der Waals surface area contributed by atoms with Crippen molar-refractivity contribution >= 4 is 29.3 Å². The number of esters is 1. The van der Waals surface area contributed by atoms with Gasteiger partial charge in [0.2, 0.25) is 5.91 Å². The van der Waals surface area contributed by atoms with Crippen LogP contribution >= 0.6 is 0 Å². The fourth-order valence-electron chi connectivity index (χ4n) is 4.78. The topological polar surface area (TPSA) is 119 Å². The van der Waals surface area contributed by atoms with Gasteiger partial charge in [-0.3, -0.25) is 9.69 Å². The number of ether oxygens (including phenoxy) is 2. The standard InChI is InChI=1S/C24H31FN6O5/c1-4-35-23(33)22-13-27-28-31(22)18-8-10-29(15(2)11-18)21-6-5-17(12-20(21)25)30-14-19(36-24(30)34)7-9-26-16(3)32/h5-6,12-13,15,18-19H,4,7-11,14H2,1-3H3,(H,26,32)/t15?,18?,19-/m0/s1. The van der Waals surface area contributed by atoms with Gasteiger partial charge in [-0.05, 0) is 44.9 Å². The minimum atomic E-state index is -0.533. The predicted molar refractivity (Wildman–Crippen MR) is 128 cm³/mol. The Morgan fingerprint density at radius 2 is 2.14 bits per heavy atom. The monoisotopic (exact) mass is 502 g/mol. The maximum atomic E-state index is 15.2. The van der Waals surface area contributed by atoms with Crippen LogP contribution in [0.4, 0.5) is 20.6 Å². The third-order valence-electron chi connectivity index (χ3n) is 6.52. The first kappa shape index (κ1) is 25.4. The molecule has 1 aromatic heterocycles. The number of benzene rings is 1. The molecule has 0 saturated carbocycles. The van der Waals surface area contributed by atoms with Crippen LogP contribution in [0.5, 0.6) is 0 Å². The van der Waals surface area contributed by atoms with Crippen LogP contribution in [-0.4, -0.2) is 71.4 Å². The van der Waals surface area contributed by atoms with E-state index in [0.717, 1.165) is 0 Å². The van der Waals surface area contributed by atoms with Crippen molar-refractivity contribution in [3.8, 4) is 0 Å². The minimum Gasteiger partial charge on any atom is -0.461 e. The Bertz CT molecular complexity index is 1120. The molecule has 0 bridgehead atoms. The van der Waals surface area contributed by atoms with Gasteiger partial charge in [-0.1, -0.05) is 5.21 Å². The number of amides is 2. The highest BCUT2D eigenvalue weighted by Gasteiger charge is 2.34. The highest BCUT2D eigenvalue weighted by molar-refractivity contribution is 5.90. The Labute approximate surface area is 208 Å². The molecule has 0 spiro atoms. The lowest BCUT2D eigenvalue weighted by atomic mass is 9.97. The molecule has 36 heavy (non-hydrogen) atoms. The lowest BCUT2D eigenvalue weighted by molar-refractivity contribution is -0.119. The normalized spacial score (nSPS) is 21.9. The molecule has 3 atom stereocenters. The molecule has 2 unspecified atom stereocenters. The summed E-state index contributed by atoms with van der Waals surface area (Å²) in [6.07, 6.45) is 2.28. The summed E-state index contributed by atoms with van der Waals surface area (Å²) in [6.45, 7) is 6.68. The molecule has 11 nitrogen and oxygen atoms in total. The van der Waals surface area contributed by atoms with E-state index in [9.17, 15) is 14.4 Å². The highest BCUT2D eigenvalue weighted by atomic mass is 19.1. The molecule has 2 aromatic rings. The van der Waals surface area contributed by atoms with Gasteiger partial charge in [-0.15, -0.1) is 5.10 Å². The van der Waals surface area contributed by atoms with Crippen LogP contribution in [0.15, 0.2) is 24.4 Å². The van der Waals surface area contributed by atoms with E-state index in [1.165, 1.54) is 24.1 Å². The fourth-order valence-corrected chi connectivity index (χ4v) is 4.78. The Hall–Kier alpha value is -3.70. The predicted octanol–water partition coefficient (Wildman–Crippen LogP) is 2.68. The van der Waals surface area contributed by atoms with E-state index in [-0.39, 0.29) is 30.7 Å². The molecule has 3 heterocycles. The van der Waals surface area contributed by atoms with Gasteiger partial charge >= 0.3 is 12.1 Å². The number of hydrogen-bond acceptors (Lipinski definition) is 8. The van der Waals surface area contributed by atoms with Crippen molar-refractivity contribution in [1.29, 1.82) is 0 Å². The molecule has 1 N–H and O–H groups in total. The van der Waals surface area contributed by atoms with Crippen LogP contribution in [0.3, 0.4) is 0 Å². The average Bonchev–Trinajstić information content (AvgIpc) is 3.46. The zero-order chi connectivity index (χ0) is 25.8. The van der Waals surface area contributed by atoms with Crippen molar-refractivity contribution in [2.24, 2.45) is 0 Å². The molecule has 0 radical (unpaired) electrons. The summed E-state index contributed by atoms with van der Waals surface area (Å²) in [6, 6.07) is 4.65. The molecule has 2 aliphatic heterocycles. The summed E-state index contributed by atoms with van der Waals surface area (Å²) in [5.41, 5.74) is 1.18. The van der Waals surface area contributed by atoms with Crippen molar-refractivity contribution in [1.82, 2.24) is 20.3 Å². The minimum absolute atomic E-state index is 0.0294. The number of piperidine rings is 1. The number of carbonyl (C=O) groups is 3. The maximum Gasteiger partial charge on any atom is 0.414 e. The molecule has 4 rings (SSSR count). The van der Waals surface area contributed by atoms with Crippen LogP contribution in [0.25, 0.3) is 0 Å². The molecular formula is C24H31FN6O5. The molecular weight excluding hydrogens is 471 g/mol. The number of hydrogen-bond donors (Lipinski definition) is 1. The Balaban J connectivity index is 1.41. The van der Waals surface area contributed by atoms with Gasteiger partial charge < -0.3 is 19.7 Å². The van der Waals surface area contributed by atoms with E-state index < -0.39 is 17.9 Å². The average molecular weight is 503 g/mol. The second-order valence-corrected chi connectivity index (χ2v) is 9.03. The van der Waals surface area contributed by atoms with E-state index in [0.29, 0.717) is 56.0 Å². The van der Waals surface area contributed by atoms with Crippen LogP contribution in [-0.2, 0) is 14.3 Å². The van der Waals surface area contributed by atoms with E-state index in [1.807, 2.05) is 11.8 Å². The van der Waals surface area contributed by atoms with Crippen LogP contribution in [0.1, 0.15) is 56.6 Å². The zero-order valence-corrected chi connectivity index (χ0v) is 20.6. The van der Waals surface area contributed by atoms with E-state index >= 15 is 4.39 Å². The second kappa shape index (κ2) is 10.9. The summed E-state index contributed by atoms with van der Waals surface area (Å²) in [7, 11) is 0. The maximum absolute atomic E-state index is 15.2. The highest BCUT2D eigenvalue weighted by Crippen LogP contribution is 2.34. The number of cyclic esters (lactones) is 1. The van der Waals surface area contributed by atoms with E-state index in [2.05, 4.69) is 15.6 Å². The van der Waals surface area contributed by atoms with Crippen LogP contribution < -0.4 is 15.1 Å². The molecule has 2 amide bonds. The molecule has 12 heteroatoms. The van der Waals surface area contributed by atoms with Crippen molar-refractivity contribution in [3.63, 3.8) is 0 Å². The first-order valence-corrected chi connectivity index (χ1v) is 12.1. The van der Waals surface area contributed by atoms with Crippen molar-refractivity contribution in [2.45, 2.75) is 58.2 Å². The van der Waals surface area contributed by atoms with Crippen LogP contribution in [0.2, 0.25) is 0 Å². The van der Waals surface area contributed by atoms with Crippen molar-refractivity contribution in [2.75, 3.05) is 36.0 Å². The molecule has 2 saturated heterocycles. The fraction of sp³-hybridized carbons (Fsp3) is 0.542. The van der Waals surface area contributed by atoms with Gasteiger partial charge in [0.1, 0.15) is 11.9 Å². The van der Waals surface area contributed by atoms with E-state index in [4.69, 9.17) is 9.47 Å². The van der Waals surface area contributed by atoms with Gasteiger partial charge in [-0.2, -0.15) is 0 Å². The van der Waals surface area contributed by atoms with Gasteiger partial charge in [0, 0.05) is 32.5 Å². The van der Waals surface area contributed by atoms with Crippen LogP contribution in [0, 0.1) is 5.82 Å². The van der Waals surface area contributed by atoms with Crippen molar-refractivity contribution in [3.05, 3.63) is 35.9 Å². The third kappa shape index (κ3) is 5.42. The van der Waals surface area contributed by atoms with Gasteiger partial charge in [0.05, 0.1) is 36.8 Å². The van der Waals surface area contributed by atoms with Gasteiger partial charge in [0.15, 0.2) is 5.69 Å². The zero-order valence-electron chi connectivity index (χ0n) is 20.6. The summed E-state index contributed by atoms with van der Waals surface area (Å²) in [4.78, 5) is 39.0. The first-order valence-electron chi connectivity index (χ1n) is 12.1. The Morgan fingerprint density at radius 1 is 1.33 bits per heavy atom. The number of anilines is 2. The molecule has 0 aliphatic carbocycles. The lowest BCUT2D eigenvalue weighted by Gasteiger charge is -2.39. The number of rotatable bonds is 8. The largest absolute Gasteiger partial charge is 0.461 e. The van der Waals surface area contributed by atoms with E-state index in [1.54, 1.807) is 23.7 Å². The molecule has 1 aromatic carbocycles. The second-order valence-electron chi connectivity index (χ2n) is 9.03. The summed E-state index contributed by atoms with van der Waals surface area (Å²) in [5, 5.41) is 10.6. The summed E-state index contributed by atoms with van der Waals surface area (Å²) >= 11 is 0. The number of halogens is 1. The molecule has 2 aliphatic rings. The summed E-state index contributed by atoms with van der Waals surface area (Å²) < 4.78 is 27.3. The number of aromatic nitrogens is 3.